The lowest BCUT2D eigenvalue weighted by Crippen LogP contribution is -2.32. The molecule has 1 aliphatic heterocycles. The quantitative estimate of drug-likeness (QED) is 0.609. The Labute approximate surface area is 175 Å². The lowest BCUT2D eigenvalue weighted by molar-refractivity contribution is 0.0882. The maximum Gasteiger partial charge on any atom is 0.339 e. The standard InChI is InChI=1S/C24H25NO5/c1-27-16-8-7-15(22(11-16)28-2)12-25-13-20-21(29-14-25)10-9-18-17-5-3-4-6-19(17)24(26)30-23(18)20/h7-11H,3-6,12-14H2,1-2H3. The van der Waals surface area contributed by atoms with Gasteiger partial charge in [0.1, 0.15) is 29.6 Å². The van der Waals surface area contributed by atoms with Crippen molar-refractivity contribution in [2.75, 3.05) is 21.0 Å². The minimum atomic E-state index is -0.195. The van der Waals surface area contributed by atoms with Gasteiger partial charge in [-0.05, 0) is 49.4 Å². The number of ether oxygens (including phenoxy) is 3. The third-order valence-electron chi connectivity index (χ3n) is 6.12. The molecule has 30 heavy (non-hydrogen) atoms. The second-order valence-corrected chi connectivity index (χ2v) is 7.91. The van der Waals surface area contributed by atoms with Gasteiger partial charge in [0, 0.05) is 35.7 Å². The van der Waals surface area contributed by atoms with Crippen molar-refractivity contribution in [1.29, 1.82) is 0 Å². The summed E-state index contributed by atoms with van der Waals surface area (Å²) in [4.78, 5) is 14.8. The van der Waals surface area contributed by atoms with E-state index < -0.39 is 0 Å². The van der Waals surface area contributed by atoms with E-state index in [9.17, 15) is 4.79 Å². The van der Waals surface area contributed by atoms with Gasteiger partial charge in [-0.25, -0.2) is 4.79 Å². The van der Waals surface area contributed by atoms with Crippen LogP contribution in [0.25, 0.3) is 11.0 Å². The predicted octanol–water partition coefficient (Wildman–Crippen LogP) is 4.04. The smallest absolute Gasteiger partial charge is 0.339 e. The van der Waals surface area contributed by atoms with Crippen LogP contribution >= 0.6 is 0 Å². The van der Waals surface area contributed by atoms with E-state index in [-0.39, 0.29) is 5.63 Å². The highest BCUT2D eigenvalue weighted by Gasteiger charge is 2.25. The average molecular weight is 407 g/mol. The van der Waals surface area contributed by atoms with Gasteiger partial charge in [0.25, 0.3) is 0 Å². The summed E-state index contributed by atoms with van der Waals surface area (Å²) in [7, 11) is 3.30. The van der Waals surface area contributed by atoms with Crippen molar-refractivity contribution in [3.05, 3.63) is 63.0 Å². The first-order chi connectivity index (χ1) is 14.7. The van der Waals surface area contributed by atoms with Crippen molar-refractivity contribution in [3.63, 3.8) is 0 Å². The summed E-state index contributed by atoms with van der Waals surface area (Å²) < 4.78 is 22.7. The van der Waals surface area contributed by atoms with Crippen LogP contribution in [-0.4, -0.2) is 25.9 Å². The molecule has 156 valence electrons. The monoisotopic (exact) mass is 407 g/mol. The highest BCUT2D eigenvalue weighted by Crippen LogP contribution is 2.36. The van der Waals surface area contributed by atoms with Crippen LogP contribution in [0, 0.1) is 0 Å². The molecule has 3 aromatic rings. The molecule has 1 aromatic heterocycles. The van der Waals surface area contributed by atoms with E-state index in [1.807, 2.05) is 30.3 Å². The van der Waals surface area contributed by atoms with E-state index in [2.05, 4.69) is 4.90 Å². The lowest BCUT2D eigenvalue weighted by Gasteiger charge is -2.30. The molecule has 2 aromatic carbocycles. The van der Waals surface area contributed by atoms with E-state index >= 15 is 0 Å². The molecule has 0 N–H and O–H groups in total. The number of methoxy groups -OCH3 is 2. The Morgan fingerprint density at radius 2 is 1.83 bits per heavy atom. The molecule has 5 rings (SSSR count). The van der Waals surface area contributed by atoms with Crippen LogP contribution in [0.15, 0.2) is 39.5 Å². The fourth-order valence-electron chi connectivity index (χ4n) is 4.59. The number of fused-ring (bicyclic) bond motifs is 5. The fraction of sp³-hybridized carbons (Fsp3) is 0.375. The van der Waals surface area contributed by atoms with Crippen molar-refractivity contribution in [3.8, 4) is 17.2 Å². The molecule has 0 atom stereocenters. The maximum atomic E-state index is 12.6. The topological polar surface area (TPSA) is 61.1 Å². The van der Waals surface area contributed by atoms with Gasteiger partial charge in [0.15, 0.2) is 0 Å². The highest BCUT2D eigenvalue weighted by molar-refractivity contribution is 5.86. The lowest BCUT2D eigenvalue weighted by atomic mass is 9.90. The molecule has 0 bridgehead atoms. The van der Waals surface area contributed by atoms with Crippen molar-refractivity contribution in [1.82, 2.24) is 4.90 Å². The van der Waals surface area contributed by atoms with Crippen LogP contribution in [0.1, 0.15) is 35.1 Å². The molecule has 0 saturated carbocycles. The fourth-order valence-corrected chi connectivity index (χ4v) is 4.59. The first kappa shape index (κ1) is 19.0. The summed E-state index contributed by atoms with van der Waals surface area (Å²) in [6.07, 6.45) is 3.91. The number of aryl methyl sites for hydroxylation is 1. The summed E-state index contributed by atoms with van der Waals surface area (Å²) in [5.74, 6) is 2.33. The van der Waals surface area contributed by atoms with Crippen LogP contribution in [0.2, 0.25) is 0 Å². The molecule has 1 aliphatic carbocycles. The number of benzene rings is 2. The Morgan fingerprint density at radius 1 is 1.00 bits per heavy atom. The minimum Gasteiger partial charge on any atom is -0.497 e. The van der Waals surface area contributed by atoms with Gasteiger partial charge in [-0.1, -0.05) is 6.07 Å². The van der Waals surface area contributed by atoms with E-state index in [0.29, 0.717) is 25.4 Å². The maximum absolute atomic E-state index is 12.6. The largest absolute Gasteiger partial charge is 0.497 e. The number of nitrogens with zero attached hydrogens (tertiary/aromatic N) is 1. The van der Waals surface area contributed by atoms with Gasteiger partial charge in [0.05, 0.1) is 19.8 Å². The molecule has 2 aliphatic rings. The summed E-state index contributed by atoms with van der Waals surface area (Å²) in [5, 5.41) is 1.05. The number of hydrogen-bond donors (Lipinski definition) is 0. The summed E-state index contributed by atoms with van der Waals surface area (Å²) in [6, 6.07) is 9.88. The van der Waals surface area contributed by atoms with E-state index in [4.69, 9.17) is 18.6 Å². The van der Waals surface area contributed by atoms with E-state index in [1.165, 1.54) is 0 Å². The van der Waals surface area contributed by atoms with Gasteiger partial charge in [-0.2, -0.15) is 0 Å². The van der Waals surface area contributed by atoms with Gasteiger partial charge in [-0.3, -0.25) is 4.90 Å². The summed E-state index contributed by atoms with van der Waals surface area (Å²) in [6.45, 7) is 1.75. The third-order valence-corrected chi connectivity index (χ3v) is 6.12. The Hall–Kier alpha value is -2.99. The number of hydrogen-bond acceptors (Lipinski definition) is 6. The zero-order valence-corrected chi connectivity index (χ0v) is 17.3. The SMILES string of the molecule is COc1ccc(CN2COc3ccc4c5c(c(=O)oc4c3C2)CCCC5)c(OC)c1. The van der Waals surface area contributed by atoms with Crippen LogP contribution in [0.5, 0.6) is 17.2 Å². The second kappa shape index (κ2) is 7.69. The van der Waals surface area contributed by atoms with Gasteiger partial charge < -0.3 is 18.6 Å². The van der Waals surface area contributed by atoms with E-state index in [0.717, 1.165) is 70.6 Å². The third kappa shape index (κ3) is 3.21. The molecule has 2 heterocycles. The molecule has 0 unspecified atom stereocenters. The molecule has 0 saturated heterocycles. The zero-order valence-electron chi connectivity index (χ0n) is 17.3. The van der Waals surface area contributed by atoms with Gasteiger partial charge >= 0.3 is 5.63 Å². The molecule has 0 radical (unpaired) electrons. The molecule has 0 spiro atoms. The van der Waals surface area contributed by atoms with Gasteiger partial charge in [0.2, 0.25) is 0 Å². The van der Waals surface area contributed by atoms with Crippen molar-refractivity contribution >= 4 is 11.0 Å². The Morgan fingerprint density at radius 3 is 2.63 bits per heavy atom. The molecule has 0 fully saturated rings. The second-order valence-electron chi connectivity index (χ2n) is 7.91. The molecule has 0 amide bonds. The van der Waals surface area contributed by atoms with Gasteiger partial charge in [-0.15, -0.1) is 0 Å². The number of rotatable bonds is 4. The Kier molecular flexibility index (Phi) is 4.87. The average Bonchev–Trinajstić information content (AvgIpc) is 2.79. The van der Waals surface area contributed by atoms with Crippen molar-refractivity contribution in [2.24, 2.45) is 0 Å². The summed E-state index contributed by atoms with van der Waals surface area (Å²) >= 11 is 0. The van der Waals surface area contributed by atoms with E-state index in [1.54, 1.807) is 14.2 Å². The molecule has 6 heteroatoms. The van der Waals surface area contributed by atoms with Crippen LogP contribution in [-0.2, 0) is 25.9 Å². The minimum absolute atomic E-state index is 0.195. The van der Waals surface area contributed by atoms with Crippen LogP contribution in [0.3, 0.4) is 0 Å². The molecule has 6 nitrogen and oxygen atoms in total. The normalized spacial score (nSPS) is 15.9. The van der Waals surface area contributed by atoms with Crippen LogP contribution in [0.4, 0.5) is 0 Å². The predicted molar refractivity (Wildman–Crippen MR) is 113 cm³/mol. The first-order valence-electron chi connectivity index (χ1n) is 10.3. The first-order valence-corrected chi connectivity index (χ1v) is 10.3. The van der Waals surface area contributed by atoms with Crippen molar-refractivity contribution in [2.45, 2.75) is 38.8 Å². The zero-order chi connectivity index (χ0) is 20.7. The molecular weight excluding hydrogens is 382 g/mol. The Balaban J connectivity index is 1.50. The molecular formula is C24H25NO5. The van der Waals surface area contributed by atoms with Crippen molar-refractivity contribution < 1.29 is 18.6 Å². The summed E-state index contributed by atoms with van der Waals surface area (Å²) in [5.41, 5.74) is 4.47. The van der Waals surface area contributed by atoms with Crippen LogP contribution < -0.4 is 19.8 Å². The highest BCUT2D eigenvalue weighted by atomic mass is 16.5. The Bertz CT molecular complexity index is 1170.